The van der Waals surface area contributed by atoms with E-state index in [0.717, 1.165) is 49.8 Å². The van der Waals surface area contributed by atoms with Crippen molar-refractivity contribution >= 4 is 65.6 Å². The van der Waals surface area contributed by atoms with Crippen LogP contribution in [-0.4, -0.2) is 61.7 Å². The van der Waals surface area contributed by atoms with Crippen LogP contribution in [0.4, 0.5) is 5.69 Å². The summed E-state index contributed by atoms with van der Waals surface area (Å²) in [6.45, 7) is 9.47. The summed E-state index contributed by atoms with van der Waals surface area (Å²) in [5, 5.41) is 34.2. The lowest BCUT2D eigenvalue weighted by molar-refractivity contribution is -0.122. The van der Waals surface area contributed by atoms with E-state index in [0.29, 0.717) is 31.7 Å². The van der Waals surface area contributed by atoms with Crippen LogP contribution in [0.15, 0.2) is 138 Å². The average Bonchev–Trinajstić information content (AvgIpc) is 3.76. The van der Waals surface area contributed by atoms with E-state index in [1.54, 1.807) is 24.3 Å². The van der Waals surface area contributed by atoms with Gasteiger partial charge in [-0.1, -0.05) is 136 Å². The van der Waals surface area contributed by atoms with Gasteiger partial charge in [-0.05, 0) is 87.4 Å². The van der Waals surface area contributed by atoms with Crippen LogP contribution in [0.3, 0.4) is 0 Å². The van der Waals surface area contributed by atoms with Crippen LogP contribution in [0.25, 0.3) is 16.8 Å². The Morgan fingerprint density at radius 2 is 1.50 bits per heavy atom. The minimum Gasteiger partial charge on any atom is -0.507 e. The monoisotopic (exact) mass is 791 g/mol. The summed E-state index contributed by atoms with van der Waals surface area (Å²) in [5.74, 6) is -1.83. The number of hydrogen-bond acceptors (Lipinski definition) is 7. The molecule has 2 amide bonds. The third kappa shape index (κ3) is 7.07. The zero-order valence-electron chi connectivity index (χ0n) is 33.5. The molecule has 2 heterocycles. The van der Waals surface area contributed by atoms with Gasteiger partial charge in [-0.25, -0.2) is 0 Å². The maximum atomic E-state index is 14.5. The van der Waals surface area contributed by atoms with Crippen LogP contribution in [0, 0.1) is 17.8 Å². The first kappa shape index (κ1) is 39.7. The summed E-state index contributed by atoms with van der Waals surface area (Å²) in [4.78, 5) is 30.1. The number of benzene rings is 5. The molecule has 58 heavy (non-hydrogen) atoms. The number of imide groups is 1. The SMILES string of the molecule is C/C(=C\c1ccc(O)c2ccccc12)CC[C@H]1OC[C@H]2C1=C(CO[Si](c1ccccc1)(c1ccccc1)C(C)(C)C)C[C@H]1C(=O)N(c3cccc(B(O)O)c3)C(=O)[C@H]12. The van der Waals surface area contributed by atoms with Crippen molar-refractivity contribution in [2.24, 2.45) is 17.8 Å². The third-order valence-corrected chi connectivity index (χ3v) is 17.4. The zero-order chi connectivity index (χ0) is 40.8. The van der Waals surface area contributed by atoms with E-state index >= 15 is 0 Å². The van der Waals surface area contributed by atoms with Gasteiger partial charge >= 0.3 is 7.12 Å². The lowest BCUT2D eigenvalue weighted by Gasteiger charge is -2.44. The molecule has 0 unspecified atom stereocenters. The van der Waals surface area contributed by atoms with Crippen molar-refractivity contribution in [3.8, 4) is 5.75 Å². The van der Waals surface area contributed by atoms with Crippen molar-refractivity contribution in [2.75, 3.05) is 18.1 Å². The van der Waals surface area contributed by atoms with Gasteiger partial charge in [0.1, 0.15) is 5.75 Å². The highest BCUT2D eigenvalue weighted by molar-refractivity contribution is 6.99. The fourth-order valence-corrected chi connectivity index (χ4v) is 14.3. The molecule has 2 fully saturated rings. The van der Waals surface area contributed by atoms with E-state index in [4.69, 9.17) is 9.16 Å². The second kappa shape index (κ2) is 15.9. The number of hydrogen-bond donors (Lipinski definition) is 3. The maximum absolute atomic E-state index is 14.5. The molecule has 0 radical (unpaired) electrons. The Bertz CT molecular complexity index is 2370. The molecule has 2 saturated heterocycles. The number of rotatable bonds is 11. The van der Waals surface area contributed by atoms with Gasteiger partial charge in [0.2, 0.25) is 11.8 Å². The molecule has 5 aromatic rings. The summed E-state index contributed by atoms with van der Waals surface area (Å²) in [7, 11) is -4.70. The van der Waals surface area contributed by atoms with E-state index in [-0.39, 0.29) is 40.1 Å². The molecule has 8 nitrogen and oxygen atoms in total. The summed E-state index contributed by atoms with van der Waals surface area (Å²) in [5.41, 5.74) is 4.83. The Kier molecular flexibility index (Phi) is 10.9. The van der Waals surface area contributed by atoms with Gasteiger partial charge in [0.15, 0.2) is 0 Å². The van der Waals surface area contributed by atoms with Crippen LogP contribution < -0.4 is 20.7 Å². The van der Waals surface area contributed by atoms with E-state index < -0.39 is 27.3 Å². The van der Waals surface area contributed by atoms with E-state index in [2.05, 4.69) is 82.3 Å². The number of phenolic OH excluding ortho intramolecular Hbond substituents is 1. The van der Waals surface area contributed by atoms with Gasteiger partial charge in [-0.2, -0.15) is 0 Å². The molecule has 0 aromatic heterocycles. The van der Waals surface area contributed by atoms with Gasteiger partial charge in [-0.3, -0.25) is 14.5 Å². The number of carbonyl (C=O) groups excluding carboxylic acids is 2. The highest BCUT2D eigenvalue weighted by Crippen LogP contribution is 2.51. The molecule has 296 valence electrons. The smallest absolute Gasteiger partial charge is 0.488 e. The van der Waals surface area contributed by atoms with Crippen LogP contribution in [0.2, 0.25) is 5.04 Å². The number of aromatic hydroxyl groups is 1. The summed E-state index contributed by atoms with van der Waals surface area (Å²) >= 11 is 0. The van der Waals surface area contributed by atoms with Crippen molar-refractivity contribution in [1.29, 1.82) is 0 Å². The number of phenols is 1. The lowest BCUT2D eigenvalue weighted by atomic mass is 9.69. The van der Waals surface area contributed by atoms with Gasteiger partial charge in [0.05, 0.1) is 36.8 Å². The number of ether oxygens (including phenoxy) is 1. The quantitative estimate of drug-likeness (QED) is 0.0795. The largest absolute Gasteiger partial charge is 0.507 e. The first-order valence-corrected chi connectivity index (χ1v) is 22.1. The van der Waals surface area contributed by atoms with E-state index in [1.807, 2.05) is 42.5 Å². The molecule has 8 rings (SSSR count). The third-order valence-electron chi connectivity index (χ3n) is 12.5. The standard InChI is InChI=1S/C48H50BNO7Si/c1-31(26-32-23-24-42(51)39-21-12-11-20-38(32)39)22-25-43-44-33(29-57-58(48(2,3)4,36-16-7-5-8-17-36)37-18-9-6-10-19-37)27-40-45(41(44)30-56-43)47(53)50(46(40)52)35-15-13-14-34(28-35)49(54)55/h5-21,23-24,26,28,40-41,43,45,51,54-55H,22,25,27,29-30H2,1-4H3/b31-26+/t40-,41+,43-,45-/m1/s1. The van der Waals surface area contributed by atoms with Crippen LogP contribution >= 0.6 is 0 Å². The average molecular weight is 792 g/mol. The minimum atomic E-state index is -2.96. The number of anilines is 1. The molecule has 4 atom stereocenters. The summed E-state index contributed by atoms with van der Waals surface area (Å²) < 4.78 is 14.2. The number of fused-ring (bicyclic) bond motifs is 4. The highest BCUT2D eigenvalue weighted by atomic mass is 28.4. The Balaban J connectivity index is 1.17. The second-order valence-electron chi connectivity index (χ2n) is 17.0. The first-order valence-electron chi connectivity index (χ1n) is 20.2. The Morgan fingerprint density at radius 3 is 2.16 bits per heavy atom. The van der Waals surface area contributed by atoms with Gasteiger partial charge in [0, 0.05) is 11.3 Å². The topological polar surface area (TPSA) is 117 Å². The maximum Gasteiger partial charge on any atom is 0.488 e. The lowest BCUT2D eigenvalue weighted by Crippen LogP contribution is -2.66. The molecule has 0 saturated carbocycles. The van der Waals surface area contributed by atoms with Gasteiger partial charge in [0.25, 0.3) is 8.32 Å². The molecule has 0 bridgehead atoms. The van der Waals surface area contributed by atoms with Gasteiger partial charge < -0.3 is 24.3 Å². The van der Waals surface area contributed by atoms with Crippen LogP contribution in [0.5, 0.6) is 5.75 Å². The second-order valence-corrected chi connectivity index (χ2v) is 21.3. The van der Waals surface area contributed by atoms with Crippen LogP contribution in [0.1, 0.15) is 52.5 Å². The molecule has 10 heteroatoms. The summed E-state index contributed by atoms with van der Waals surface area (Å²) in [6.07, 6.45) is 3.69. The van der Waals surface area contributed by atoms with Crippen molar-refractivity contribution in [2.45, 2.75) is 58.1 Å². The van der Waals surface area contributed by atoms with Crippen molar-refractivity contribution in [3.63, 3.8) is 0 Å². The molecule has 1 aliphatic carbocycles. The van der Waals surface area contributed by atoms with E-state index in [1.165, 1.54) is 11.0 Å². The summed E-state index contributed by atoms with van der Waals surface area (Å²) in [6, 6.07) is 38.9. The first-order chi connectivity index (χ1) is 27.9. The predicted molar refractivity (Wildman–Crippen MR) is 233 cm³/mol. The predicted octanol–water partition coefficient (Wildman–Crippen LogP) is 6.51. The number of carbonyl (C=O) groups is 2. The number of allylic oxidation sites excluding steroid dienone is 1. The van der Waals surface area contributed by atoms with Crippen LogP contribution in [-0.2, 0) is 18.8 Å². The molecule has 2 aliphatic heterocycles. The van der Waals surface area contributed by atoms with Crippen molar-refractivity contribution in [3.05, 3.63) is 144 Å². The molecule has 0 spiro atoms. The Morgan fingerprint density at radius 1 is 0.845 bits per heavy atom. The molecular weight excluding hydrogens is 741 g/mol. The normalized spacial score (nSPS) is 21.1. The fraction of sp³-hybridized carbons (Fsp3) is 0.292. The van der Waals surface area contributed by atoms with Crippen molar-refractivity contribution in [1.82, 2.24) is 0 Å². The highest BCUT2D eigenvalue weighted by Gasteiger charge is 2.58. The van der Waals surface area contributed by atoms with Gasteiger partial charge in [-0.15, -0.1) is 0 Å². The number of nitrogens with zero attached hydrogens (tertiary/aromatic N) is 1. The molecular formula is C48H50BNO7Si. The fourth-order valence-electron chi connectivity index (χ4n) is 9.77. The molecule has 3 N–H and O–H groups in total. The van der Waals surface area contributed by atoms with Crippen molar-refractivity contribution < 1.29 is 33.9 Å². The molecule has 3 aliphatic rings. The van der Waals surface area contributed by atoms with E-state index in [9.17, 15) is 24.7 Å². The Labute approximate surface area is 341 Å². The number of amides is 2. The minimum absolute atomic E-state index is 0.208. The molecule has 5 aromatic carbocycles. The Hall–Kier alpha value is -5.10. The zero-order valence-corrected chi connectivity index (χ0v) is 34.5.